The molecule has 0 aliphatic carbocycles. The third-order valence-corrected chi connectivity index (χ3v) is 13.1. The second kappa shape index (κ2) is 18.6. The van der Waals surface area contributed by atoms with Gasteiger partial charge in [-0.25, -0.2) is 8.78 Å². The third kappa shape index (κ3) is 14.3. The first-order valence-corrected chi connectivity index (χ1v) is 18.6. The number of rotatable bonds is 22. The first kappa shape index (κ1) is 37.1. The topological polar surface area (TPSA) is 82.1 Å². The number of carboxylic acids is 1. The van der Waals surface area contributed by atoms with Crippen LogP contribution < -0.4 is 0 Å². The number of halogens is 2. The summed E-state index contributed by atoms with van der Waals surface area (Å²) in [5, 5.41) is 8.66. The van der Waals surface area contributed by atoms with Crippen molar-refractivity contribution in [1.29, 1.82) is 0 Å². The summed E-state index contributed by atoms with van der Waals surface area (Å²) in [6.07, 6.45) is 8.81. The van der Waals surface area contributed by atoms with Crippen molar-refractivity contribution >= 4 is 20.6 Å². The van der Waals surface area contributed by atoms with Gasteiger partial charge in [0.15, 0.2) is 14.6 Å². The molecule has 1 aliphatic heterocycles. The number of aldehydes is 1. The highest BCUT2D eigenvalue weighted by Crippen LogP contribution is 2.42. The van der Waals surface area contributed by atoms with Crippen molar-refractivity contribution in [2.75, 3.05) is 6.61 Å². The van der Waals surface area contributed by atoms with Crippen LogP contribution in [-0.4, -0.2) is 56.7 Å². The van der Waals surface area contributed by atoms with Gasteiger partial charge in [-0.1, -0.05) is 59.8 Å². The van der Waals surface area contributed by atoms with E-state index in [1.165, 1.54) is 0 Å². The third-order valence-electron chi connectivity index (χ3n) is 8.66. The molecule has 1 fully saturated rings. The molecule has 0 aromatic carbocycles. The zero-order chi connectivity index (χ0) is 30.2. The van der Waals surface area contributed by atoms with Crippen molar-refractivity contribution in [3.63, 3.8) is 0 Å². The number of unbranched alkanes of at least 4 members (excludes halogenated alkanes) is 5. The molecule has 2 unspecified atom stereocenters. The maximum absolute atomic E-state index is 15.6. The van der Waals surface area contributed by atoms with Crippen molar-refractivity contribution < 1.29 is 37.4 Å². The first-order valence-electron chi connectivity index (χ1n) is 15.7. The van der Waals surface area contributed by atoms with Gasteiger partial charge in [0.05, 0.1) is 6.10 Å². The maximum atomic E-state index is 15.6. The van der Waals surface area contributed by atoms with Gasteiger partial charge in [-0.05, 0) is 75.4 Å². The highest BCUT2D eigenvalue weighted by molar-refractivity contribution is 6.74. The molecule has 1 heterocycles. The van der Waals surface area contributed by atoms with Crippen molar-refractivity contribution in [3.8, 4) is 0 Å². The lowest BCUT2D eigenvalue weighted by molar-refractivity contribution is -0.201. The molecule has 0 amide bonds. The first-order chi connectivity index (χ1) is 18.7. The van der Waals surface area contributed by atoms with E-state index in [2.05, 4.69) is 20.8 Å². The number of aliphatic carboxylic acids is 1. The van der Waals surface area contributed by atoms with Crippen LogP contribution in [0.2, 0.25) is 18.1 Å². The Morgan fingerprint density at radius 3 is 2.30 bits per heavy atom. The molecule has 4 atom stereocenters. The molecule has 1 rings (SSSR count). The van der Waals surface area contributed by atoms with Crippen LogP contribution in [0.4, 0.5) is 8.78 Å². The van der Waals surface area contributed by atoms with E-state index in [0.717, 1.165) is 57.7 Å². The Morgan fingerprint density at radius 2 is 1.73 bits per heavy atom. The highest BCUT2D eigenvalue weighted by atomic mass is 28.4. The Bertz CT molecular complexity index is 706. The van der Waals surface area contributed by atoms with Gasteiger partial charge in [0.2, 0.25) is 0 Å². The van der Waals surface area contributed by atoms with Crippen molar-refractivity contribution in [2.24, 2.45) is 5.92 Å². The average Bonchev–Trinajstić information content (AvgIpc) is 2.87. The average molecular weight is 593 g/mol. The minimum atomic E-state index is -2.92. The molecule has 236 valence electrons. The fraction of sp³-hybridized carbons (Fsp3) is 0.935. The molecule has 1 aliphatic rings. The summed E-state index contributed by atoms with van der Waals surface area (Å²) in [6, 6.07) is 0. The van der Waals surface area contributed by atoms with Gasteiger partial charge in [0.25, 0.3) is 5.92 Å². The lowest BCUT2D eigenvalue weighted by Crippen LogP contribution is -2.49. The molecule has 0 aromatic heterocycles. The van der Waals surface area contributed by atoms with E-state index in [0.29, 0.717) is 32.3 Å². The van der Waals surface area contributed by atoms with Crippen LogP contribution in [0, 0.1) is 5.92 Å². The van der Waals surface area contributed by atoms with Gasteiger partial charge in [-0.2, -0.15) is 0 Å². The molecule has 0 bridgehead atoms. The van der Waals surface area contributed by atoms with Gasteiger partial charge in [-0.15, -0.1) is 0 Å². The molecule has 0 aromatic rings. The summed E-state index contributed by atoms with van der Waals surface area (Å²) in [5.41, 5.74) is 0. The van der Waals surface area contributed by atoms with Gasteiger partial charge >= 0.3 is 5.97 Å². The summed E-state index contributed by atoms with van der Waals surface area (Å²) in [6.45, 7) is 12.8. The second-order valence-electron chi connectivity index (χ2n) is 13.1. The van der Waals surface area contributed by atoms with Crippen molar-refractivity contribution in [3.05, 3.63) is 0 Å². The van der Waals surface area contributed by atoms with E-state index in [9.17, 15) is 9.59 Å². The Morgan fingerprint density at radius 1 is 1.05 bits per heavy atom. The molecular weight excluding hydrogens is 534 g/mol. The van der Waals surface area contributed by atoms with E-state index in [-0.39, 0.29) is 49.0 Å². The van der Waals surface area contributed by atoms with Crippen molar-refractivity contribution in [1.82, 2.24) is 0 Å². The number of hydrogen-bond donors (Lipinski definition) is 1. The lowest BCUT2D eigenvalue weighted by Gasteiger charge is -2.42. The maximum Gasteiger partial charge on any atom is 0.303 e. The summed E-state index contributed by atoms with van der Waals surface area (Å²) in [7, 11) is -2.45. The number of ether oxygens (including phenoxy) is 2. The number of alkyl halides is 2. The highest BCUT2D eigenvalue weighted by Gasteiger charge is 2.47. The standard InChI is InChI=1S/C31H58F2O6Si/c1-7-8-22-31(32,33)27(39-40(5,6)30(2,3)4)20-19-25(16-12-10-9-11-13-17-28(35)36)26(21-23-34)38-29-18-14-15-24-37-29/h23,25-27,29H,7-22,24H2,1-6H3,(H,35,36)/t25-,26+,27?,29?/m0/s1. The molecule has 0 radical (unpaired) electrons. The van der Waals surface area contributed by atoms with Gasteiger partial charge < -0.3 is 23.8 Å². The van der Waals surface area contributed by atoms with Crippen LogP contribution in [0.25, 0.3) is 0 Å². The summed E-state index contributed by atoms with van der Waals surface area (Å²) in [5.74, 6) is -3.76. The van der Waals surface area contributed by atoms with Gasteiger partial charge in [0, 0.05) is 25.9 Å². The van der Waals surface area contributed by atoms with Crippen LogP contribution in [0.3, 0.4) is 0 Å². The Kier molecular flexibility index (Phi) is 17.3. The number of carbonyl (C=O) groups is 2. The monoisotopic (exact) mass is 592 g/mol. The van der Waals surface area contributed by atoms with Crippen LogP contribution >= 0.6 is 0 Å². The van der Waals surface area contributed by atoms with Crippen LogP contribution in [0.15, 0.2) is 0 Å². The summed E-state index contributed by atoms with van der Waals surface area (Å²) >= 11 is 0. The zero-order valence-electron chi connectivity index (χ0n) is 26.2. The van der Waals surface area contributed by atoms with E-state index in [1.807, 2.05) is 20.0 Å². The van der Waals surface area contributed by atoms with E-state index >= 15 is 8.78 Å². The normalized spacial score (nSPS) is 19.2. The van der Waals surface area contributed by atoms with Crippen LogP contribution in [0.5, 0.6) is 0 Å². The minimum absolute atomic E-state index is 0.0674. The van der Waals surface area contributed by atoms with E-state index in [4.69, 9.17) is 19.0 Å². The Balaban J connectivity index is 3.03. The largest absolute Gasteiger partial charge is 0.481 e. The smallest absolute Gasteiger partial charge is 0.303 e. The molecule has 9 heteroatoms. The van der Waals surface area contributed by atoms with E-state index in [1.54, 1.807) is 0 Å². The Labute approximate surface area is 243 Å². The molecule has 1 N–H and O–H groups in total. The molecule has 0 saturated carbocycles. The van der Waals surface area contributed by atoms with Crippen LogP contribution in [-0.2, 0) is 23.5 Å². The predicted molar refractivity (Wildman–Crippen MR) is 158 cm³/mol. The van der Waals surface area contributed by atoms with E-state index < -0.39 is 26.3 Å². The zero-order valence-corrected chi connectivity index (χ0v) is 27.2. The summed E-state index contributed by atoms with van der Waals surface area (Å²) in [4.78, 5) is 22.4. The fourth-order valence-electron chi connectivity index (χ4n) is 5.02. The number of carboxylic acid groups (broad SMARTS) is 1. The SMILES string of the molecule is CCCCC(F)(F)C(CC[C@H](CCCCCCCC(=O)O)[C@@H](CC=O)OC1CCCCO1)O[Si](C)(C)C(C)(C)C. The molecule has 1 saturated heterocycles. The summed E-state index contributed by atoms with van der Waals surface area (Å²) < 4.78 is 49.7. The quantitative estimate of drug-likeness (QED) is 0.0768. The van der Waals surface area contributed by atoms with Gasteiger partial charge in [-0.3, -0.25) is 4.79 Å². The molecule has 6 nitrogen and oxygen atoms in total. The lowest BCUT2D eigenvalue weighted by atomic mass is 9.87. The van der Waals surface area contributed by atoms with Crippen molar-refractivity contribution in [2.45, 2.75) is 173 Å². The molecule has 0 spiro atoms. The van der Waals surface area contributed by atoms with Gasteiger partial charge in [0.1, 0.15) is 12.4 Å². The predicted octanol–water partition coefficient (Wildman–Crippen LogP) is 8.91. The second-order valence-corrected chi connectivity index (χ2v) is 17.9. The molecular formula is C31H58F2O6Si. The number of hydrogen-bond acceptors (Lipinski definition) is 5. The molecule has 40 heavy (non-hydrogen) atoms. The minimum Gasteiger partial charge on any atom is -0.481 e. The van der Waals surface area contributed by atoms with Crippen LogP contribution in [0.1, 0.15) is 130 Å². The Hall–Kier alpha value is -0.903. The fourth-order valence-corrected chi connectivity index (χ4v) is 6.38. The number of carbonyl (C=O) groups excluding carboxylic acids is 1.